The number of nitrogen functional groups attached to an aromatic ring is 1. The molecule has 106 valence electrons. The van der Waals surface area contributed by atoms with Crippen molar-refractivity contribution < 1.29 is 8.42 Å². The van der Waals surface area contributed by atoms with E-state index in [2.05, 4.69) is 18.6 Å². The maximum absolute atomic E-state index is 12.3. The summed E-state index contributed by atoms with van der Waals surface area (Å²) in [6, 6.07) is 6.45. The number of rotatable bonds is 3. The second-order valence-electron chi connectivity index (χ2n) is 5.57. The third kappa shape index (κ3) is 3.28. The minimum absolute atomic E-state index is 0.0233. The lowest BCUT2D eigenvalue weighted by Crippen LogP contribution is -2.43. The molecule has 3 atom stereocenters. The largest absolute Gasteiger partial charge is 0.399 e. The van der Waals surface area contributed by atoms with Gasteiger partial charge in [-0.05, 0) is 36.5 Å². The van der Waals surface area contributed by atoms with Gasteiger partial charge in [-0.25, -0.2) is 13.1 Å². The summed E-state index contributed by atoms with van der Waals surface area (Å²) in [5.74, 6) is 0.923. The molecule has 1 aromatic carbocycles. The van der Waals surface area contributed by atoms with Crippen molar-refractivity contribution in [1.29, 1.82) is 0 Å². The van der Waals surface area contributed by atoms with Crippen molar-refractivity contribution in [3.8, 4) is 0 Å². The fourth-order valence-corrected chi connectivity index (χ4v) is 4.11. The number of nitrogens with two attached hydrogens (primary N) is 1. The summed E-state index contributed by atoms with van der Waals surface area (Å²) >= 11 is 0. The van der Waals surface area contributed by atoms with E-state index in [0.717, 1.165) is 12.8 Å². The van der Waals surface area contributed by atoms with Gasteiger partial charge in [0.05, 0.1) is 4.90 Å². The van der Waals surface area contributed by atoms with Crippen molar-refractivity contribution in [3.63, 3.8) is 0 Å². The molecule has 1 aromatic rings. The standard InChI is InChI=1S/C14H22N2O2S/c1-10-5-3-8-14(11(10)2)16-19(17,18)13-7-4-6-12(15)9-13/h4,6-7,9-11,14,16H,3,5,8,15H2,1-2H3. The summed E-state index contributed by atoms with van der Waals surface area (Å²) in [6.07, 6.45) is 3.17. The summed E-state index contributed by atoms with van der Waals surface area (Å²) in [5, 5.41) is 0. The number of benzene rings is 1. The van der Waals surface area contributed by atoms with E-state index in [4.69, 9.17) is 5.73 Å². The quantitative estimate of drug-likeness (QED) is 0.836. The van der Waals surface area contributed by atoms with Gasteiger partial charge in [0.25, 0.3) is 0 Å². The zero-order chi connectivity index (χ0) is 14.0. The van der Waals surface area contributed by atoms with Crippen molar-refractivity contribution >= 4 is 15.7 Å². The first-order valence-corrected chi connectivity index (χ1v) is 8.26. The lowest BCUT2D eigenvalue weighted by molar-refractivity contribution is 0.227. The van der Waals surface area contributed by atoms with Crippen molar-refractivity contribution in [2.24, 2.45) is 11.8 Å². The van der Waals surface area contributed by atoms with Crippen LogP contribution in [0.15, 0.2) is 29.2 Å². The molecule has 0 radical (unpaired) electrons. The van der Waals surface area contributed by atoms with Crippen LogP contribution in [0.1, 0.15) is 33.1 Å². The van der Waals surface area contributed by atoms with Gasteiger partial charge in [0.15, 0.2) is 0 Å². The van der Waals surface area contributed by atoms with Gasteiger partial charge in [0, 0.05) is 11.7 Å². The molecule has 3 unspecified atom stereocenters. The third-order valence-corrected chi connectivity index (χ3v) is 5.67. The molecular formula is C14H22N2O2S. The summed E-state index contributed by atoms with van der Waals surface area (Å²) in [7, 11) is -3.47. The monoisotopic (exact) mass is 282 g/mol. The van der Waals surface area contributed by atoms with Gasteiger partial charge in [0.2, 0.25) is 10.0 Å². The van der Waals surface area contributed by atoms with Gasteiger partial charge in [0.1, 0.15) is 0 Å². The van der Waals surface area contributed by atoms with E-state index in [1.165, 1.54) is 12.5 Å². The fraction of sp³-hybridized carbons (Fsp3) is 0.571. The van der Waals surface area contributed by atoms with Gasteiger partial charge < -0.3 is 5.73 Å². The van der Waals surface area contributed by atoms with Gasteiger partial charge in [-0.1, -0.05) is 32.8 Å². The Morgan fingerprint density at radius 3 is 2.68 bits per heavy atom. The molecule has 0 saturated heterocycles. The third-order valence-electron chi connectivity index (χ3n) is 4.18. The molecule has 4 nitrogen and oxygen atoms in total. The Hall–Kier alpha value is -1.07. The number of anilines is 1. The van der Waals surface area contributed by atoms with Gasteiger partial charge in [-0.15, -0.1) is 0 Å². The van der Waals surface area contributed by atoms with Crippen LogP contribution in [-0.2, 0) is 10.0 Å². The molecule has 0 bridgehead atoms. The van der Waals surface area contributed by atoms with Crippen LogP contribution in [0.4, 0.5) is 5.69 Å². The van der Waals surface area contributed by atoms with Crippen molar-refractivity contribution in [2.75, 3.05) is 5.73 Å². The second kappa shape index (κ2) is 5.51. The number of nitrogens with one attached hydrogen (secondary N) is 1. The zero-order valence-corrected chi connectivity index (χ0v) is 12.3. The molecule has 3 N–H and O–H groups in total. The highest BCUT2D eigenvalue weighted by atomic mass is 32.2. The molecule has 0 amide bonds. The van der Waals surface area contributed by atoms with Crippen LogP contribution in [0.25, 0.3) is 0 Å². The van der Waals surface area contributed by atoms with Crippen LogP contribution >= 0.6 is 0 Å². The van der Waals surface area contributed by atoms with E-state index in [1.54, 1.807) is 18.2 Å². The van der Waals surface area contributed by atoms with Gasteiger partial charge in [-0.3, -0.25) is 0 Å². The Labute approximate surface area is 115 Å². The van der Waals surface area contributed by atoms with Crippen LogP contribution in [0.5, 0.6) is 0 Å². The maximum atomic E-state index is 12.3. The number of hydrogen-bond acceptors (Lipinski definition) is 3. The summed E-state index contributed by atoms with van der Waals surface area (Å²) in [5.41, 5.74) is 6.11. The molecule has 1 aliphatic rings. The average Bonchev–Trinajstić information content (AvgIpc) is 2.35. The SMILES string of the molecule is CC1CCCC(NS(=O)(=O)c2cccc(N)c2)C1C. The van der Waals surface area contributed by atoms with E-state index in [1.807, 2.05) is 0 Å². The van der Waals surface area contributed by atoms with E-state index >= 15 is 0 Å². The van der Waals surface area contributed by atoms with Crippen LogP contribution in [-0.4, -0.2) is 14.5 Å². The summed E-state index contributed by atoms with van der Waals surface area (Å²) < 4.78 is 27.5. The smallest absolute Gasteiger partial charge is 0.240 e. The predicted octanol–water partition coefficient (Wildman–Crippen LogP) is 2.37. The van der Waals surface area contributed by atoms with Crippen LogP contribution in [0.3, 0.4) is 0 Å². The molecule has 1 fully saturated rings. The second-order valence-corrected chi connectivity index (χ2v) is 7.28. The fourth-order valence-electron chi connectivity index (χ4n) is 2.70. The summed E-state index contributed by atoms with van der Waals surface area (Å²) in [6.45, 7) is 4.31. The lowest BCUT2D eigenvalue weighted by atomic mass is 9.78. The molecule has 5 heteroatoms. The molecular weight excluding hydrogens is 260 g/mol. The Balaban J connectivity index is 2.17. The lowest BCUT2D eigenvalue weighted by Gasteiger charge is -2.34. The molecule has 0 aromatic heterocycles. The Bertz CT molecular complexity index is 542. The Morgan fingerprint density at radius 2 is 2.00 bits per heavy atom. The van der Waals surface area contributed by atoms with E-state index < -0.39 is 10.0 Å². The minimum Gasteiger partial charge on any atom is -0.399 e. The first kappa shape index (κ1) is 14.3. The number of sulfonamides is 1. The normalized spacial score (nSPS) is 28.2. The maximum Gasteiger partial charge on any atom is 0.240 e. The van der Waals surface area contributed by atoms with E-state index in [-0.39, 0.29) is 10.9 Å². The number of hydrogen-bond donors (Lipinski definition) is 2. The average molecular weight is 282 g/mol. The zero-order valence-electron chi connectivity index (χ0n) is 11.5. The van der Waals surface area contributed by atoms with E-state index in [9.17, 15) is 8.42 Å². The molecule has 1 saturated carbocycles. The first-order chi connectivity index (χ1) is 8.90. The van der Waals surface area contributed by atoms with Gasteiger partial charge in [-0.2, -0.15) is 0 Å². The Kier molecular flexibility index (Phi) is 4.16. The van der Waals surface area contributed by atoms with E-state index in [0.29, 0.717) is 17.5 Å². The van der Waals surface area contributed by atoms with Crippen LogP contribution in [0.2, 0.25) is 0 Å². The van der Waals surface area contributed by atoms with Gasteiger partial charge >= 0.3 is 0 Å². The van der Waals surface area contributed by atoms with Crippen molar-refractivity contribution in [3.05, 3.63) is 24.3 Å². The molecule has 0 spiro atoms. The topological polar surface area (TPSA) is 72.2 Å². The van der Waals surface area contributed by atoms with Crippen molar-refractivity contribution in [2.45, 2.75) is 44.0 Å². The highest BCUT2D eigenvalue weighted by molar-refractivity contribution is 7.89. The minimum atomic E-state index is -3.47. The first-order valence-electron chi connectivity index (χ1n) is 6.78. The van der Waals surface area contributed by atoms with Crippen molar-refractivity contribution in [1.82, 2.24) is 4.72 Å². The molecule has 0 aliphatic heterocycles. The highest BCUT2D eigenvalue weighted by Crippen LogP contribution is 2.30. The van der Waals surface area contributed by atoms with Crippen LogP contribution in [0, 0.1) is 11.8 Å². The van der Waals surface area contributed by atoms with Crippen LogP contribution < -0.4 is 10.5 Å². The predicted molar refractivity (Wildman–Crippen MR) is 77.1 cm³/mol. The summed E-state index contributed by atoms with van der Waals surface area (Å²) in [4.78, 5) is 0.248. The highest BCUT2D eigenvalue weighted by Gasteiger charge is 2.30. The molecule has 2 rings (SSSR count). The molecule has 0 heterocycles. The molecule has 1 aliphatic carbocycles. The molecule has 19 heavy (non-hydrogen) atoms. The Morgan fingerprint density at radius 1 is 1.26 bits per heavy atom.